The first-order valence-electron chi connectivity index (χ1n) is 8.81. The summed E-state index contributed by atoms with van der Waals surface area (Å²) < 4.78 is 0. The fourth-order valence-electron chi connectivity index (χ4n) is 2.66. The molecule has 0 bridgehead atoms. The molecule has 0 aliphatic heterocycles. The van der Waals surface area contributed by atoms with Gasteiger partial charge in [-0.3, -0.25) is 0 Å². The van der Waals surface area contributed by atoms with Gasteiger partial charge in [-0.05, 0) is 47.4 Å². The summed E-state index contributed by atoms with van der Waals surface area (Å²) in [5, 5.41) is 0. The second kappa shape index (κ2) is 9.87. The molecule has 1 heteroatoms. The third-order valence-corrected chi connectivity index (χ3v) is 3.75. The zero-order chi connectivity index (χ0) is 16.5. The van der Waals surface area contributed by atoms with E-state index in [4.69, 9.17) is 5.73 Å². The maximum atomic E-state index is 6.26. The third kappa shape index (κ3) is 6.54. The Morgan fingerprint density at radius 2 is 1.43 bits per heavy atom. The van der Waals surface area contributed by atoms with Gasteiger partial charge < -0.3 is 5.73 Å². The first kappa shape index (κ1) is 20.0. The zero-order valence-electron chi connectivity index (χ0n) is 15.5. The number of hydrogen-bond donors (Lipinski definition) is 1. The van der Waals surface area contributed by atoms with Gasteiger partial charge in [-0.15, -0.1) is 0 Å². The Morgan fingerprint density at radius 3 is 1.90 bits per heavy atom. The van der Waals surface area contributed by atoms with E-state index in [9.17, 15) is 0 Å². The fourth-order valence-corrected chi connectivity index (χ4v) is 2.66. The largest absolute Gasteiger partial charge is 0.398 e. The zero-order valence-corrected chi connectivity index (χ0v) is 15.5. The normalized spacial score (nSPS) is 11.0. The van der Waals surface area contributed by atoms with E-state index in [0.717, 1.165) is 12.1 Å². The van der Waals surface area contributed by atoms with E-state index < -0.39 is 0 Å². The predicted octanol–water partition coefficient (Wildman–Crippen LogP) is 6.28. The minimum atomic E-state index is 0.133. The minimum Gasteiger partial charge on any atom is -0.398 e. The highest BCUT2D eigenvalue weighted by Crippen LogP contribution is 2.31. The summed E-state index contributed by atoms with van der Waals surface area (Å²) in [5.41, 5.74) is 11.7. The number of nitrogens with two attached hydrogens (primary N) is 1. The lowest BCUT2D eigenvalue weighted by atomic mass is 9.82. The Balaban J connectivity index is 0.00000191. The lowest BCUT2D eigenvalue weighted by molar-refractivity contribution is 0.590. The summed E-state index contributed by atoms with van der Waals surface area (Å²) in [6.45, 7) is 15.2. The van der Waals surface area contributed by atoms with Gasteiger partial charge in [0.05, 0.1) is 0 Å². The Bertz CT molecular complexity index is 399. The van der Waals surface area contributed by atoms with E-state index in [1.165, 1.54) is 48.8 Å². The highest BCUT2D eigenvalue weighted by molar-refractivity contribution is 5.55. The van der Waals surface area contributed by atoms with Gasteiger partial charge in [0.1, 0.15) is 0 Å². The summed E-state index contributed by atoms with van der Waals surface area (Å²) in [6.07, 6.45) is 7.43. The Morgan fingerprint density at radius 1 is 0.857 bits per heavy atom. The van der Waals surface area contributed by atoms with Crippen LogP contribution >= 0.6 is 0 Å². The van der Waals surface area contributed by atoms with Crippen LogP contribution in [-0.4, -0.2) is 0 Å². The second-order valence-electron chi connectivity index (χ2n) is 6.67. The average Bonchev–Trinajstić information content (AvgIpc) is 2.42. The highest BCUT2D eigenvalue weighted by atomic mass is 14.6. The lowest BCUT2D eigenvalue weighted by Crippen LogP contribution is -2.15. The number of rotatable bonds is 6. The summed E-state index contributed by atoms with van der Waals surface area (Å²) in [5.74, 6) is 0. The van der Waals surface area contributed by atoms with E-state index in [1.807, 2.05) is 13.8 Å². The number of aryl methyl sites for hydroxylation is 2. The van der Waals surface area contributed by atoms with E-state index >= 15 is 0 Å². The van der Waals surface area contributed by atoms with Gasteiger partial charge in [-0.25, -0.2) is 0 Å². The second-order valence-corrected chi connectivity index (χ2v) is 6.67. The summed E-state index contributed by atoms with van der Waals surface area (Å²) in [7, 11) is 0. The first-order valence-corrected chi connectivity index (χ1v) is 8.81. The molecule has 2 N–H and O–H groups in total. The van der Waals surface area contributed by atoms with E-state index in [1.54, 1.807) is 0 Å². The Kier molecular flexibility index (Phi) is 9.41. The number of unbranched alkanes of at least 4 members (excludes halogenated alkanes) is 2. The number of nitrogen functional groups attached to an aromatic ring is 1. The maximum Gasteiger partial charge on any atom is 0.0354 e. The molecule has 1 aromatic rings. The van der Waals surface area contributed by atoms with Crippen molar-refractivity contribution in [2.45, 2.75) is 92.4 Å². The monoisotopic (exact) mass is 291 g/mol. The SMILES string of the molecule is CC.CCCCCc1cc(C(C)(C)C)c(N)cc1CCC. The van der Waals surface area contributed by atoms with Crippen LogP contribution in [0.3, 0.4) is 0 Å². The van der Waals surface area contributed by atoms with Crippen molar-refractivity contribution in [2.24, 2.45) is 0 Å². The van der Waals surface area contributed by atoms with E-state index in [-0.39, 0.29) is 5.41 Å². The smallest absolute Gasteiger partial charge is 0.0354 e. The summed E-state index contributed by atoms with van der Waals surface area (Å²) >= 11 is 0. The van der Waals surface area contributed by atoms with Gasteiger partial charge in [-0.2, -0.15) is 0 Å². The Hall–Kier alpha value is -0.980. The van der Waals surface area contributed by atoms with E-state index in [0.29, 0.717) is 0 Å². The van der Waals surface area contributed by atoms with Gasteiger partial charge in [0.15, 0.2) is 0 Å². The average molecular weight is 292 g/mol. The molecule has 21 heavy (non-hydrogen) atoms. The van der Waals surface area contributed by atoms with Gasteiger partial charge in [-0.1, -0.05) is 73.8 Å². The molecule has 1 nitrogen and oxygen atoms in total. The molecule has 1 rings (SSSR count). The molecule has 0 atom stereocenters. The van der Waals surface area contributed by atoms with Crippen LogP contribution in [-0.2, 0) is 18.3 Å². The molecule has 0 radical (unpaired) electrons. The summed E-state index contributed by atoms with van der Waals surface area (Å²) in [4.78, 5) is 0. The topological polar surface area (TPSA) is 26.0 Å². The molecular weight excluding hydrogens is 254 g/mol. The number of benzene rings is 1. The van der Waals surface area contributed by atoms with Gasteiger partial charge in [0.2, 0.25) is 0 Å². The van der Waals surface area contributed by atoms with Gasteiger partial charge in [0, 0.05) is 5.69 Å². The molecule has 0 fully saturated rings. The van der Waals surface area contributed by atoms with Crippen LogP contribution in [0.25, 0.3) is 0 Å². The Labute approximate surface area is 133 Å². The van der Waals surface area contributed by atoms with Crippen LogP contribution in [0, 0.1) is 0 Å². The third-order valence-electron chi connectivity index (χ3n) is 3.75. The van der Waals surface area contributed by atoms with Crippen LogP contribution < -0.4 is 5.73 Å². The van der Waals surface area contributed by atoms with E-state index in [2.05, 4.69) is 46.8 Å². The summed E-state index contributed by atoms with van der Waals surface area (Å²) in [6, 6.07) is 4.60. The molecule has 0 amide bonds. The first-order chi connectivity index (χ1) is 9.90. The molecule has 0 saturated heterocycles. The lowest BCUT2D eigenvalue weighted by Gasteiger charge is -2.24. The molecule has 0 aliphatic rings. The molecular formula is C20H37N. The van der Waals surface area contributed by atoms with Crippen molar-refractivity contribution in [1.29, 1.82) is 0 Å². The molecule has 1 aromatic carbocycles. The van der Waals surface area contributed by atoms with Crippen LogP contribution in [0.5, 0.6) is 0 Å². The molecule has 0 spiro atoms. The number of anilines is 1. The van der Waals surface area contributed by atoms with Crippen molar-refractivity contribution in [3.8, 4) is 0 Å². The van der Waals surface area contributed by atoms with Crippen LogP contribution in [0.2, 0.25) is 0 Å². The molecule has 0 saturated carbocycles. The maximum absolute atomic E-state index is 6.26. The molecule has 0 unspecified atom stereocenters. The van der Waals surface area contributed by atoms with Crippen LogP contribution in [0.15, 0.2) is 12.1 Å². The standard InChI is InChI=1S/C18H31N.C2H6/c1-6-8-9-11-15-12-16(18(3,4)5)17(19)13-14(15)10-7-2;1-2/h12-13H,6-11,19H2,1-5H3;1-2H3. The van der Waals surface area contributed by atoms with Gasteiger partial charge in [0.25, 0.3) is 0 Å². The van der Waals surface area contributed by atoms with Crippen molar-refractivity contribution in [1.82, 2.24) is 0 Å². The van der Waals surface area contributed by atoms with Crippen LogP contribution in [0.1, 0.15) is 90.8 Å². The molecule has 0 heterocycles. The van der Waals surface area contributed by atoms with Crippen LogP contribution in [0.4, 0.5) is 5.69 Å². The number of hydrogen-bond acceptors (Lipinski definition) is 1. The molecule has 0 aliphatic carbocycles. The highest BCUT2D eigenvalue weighted by Gasteiger charge is 2.18. The molecule has 122 valence electrons. The quantitative estimate of drug-likeness (QED) is 0.484. The van der Waals surface area contributed by atoms with Crippen molar-refractivity contribution in [3.63, 3.8) is 0 Å². The molecule has 0 aromatic heterocycles. The predicted molar refractivity (Wildman–Crippen MR) is 98.1 cm³/mol. The van der Waals surface area contributed by atoms with Crippen molar-refractivity contribution in [2.75, 3.05) is 5.73 Å². The van der Waals surface area contributed by atoms with Gasteiger partial charge >= 0.3 is 0 Å². The minimum absolute atomic E-state index is 0.133. The van der Waals surface area contributed by atoms with Crippen molar-refractivity contribution in [3.05, 3.63) is 28.8 Å². The fraction of sp³-hybridized carbons (Fsp3) is 0.700. The van der Waals surface area contributed by atoms with Crippen molar-refractivity contribution < 1.29 is 0 Å². The van der Waals surface area contributed by atoms with Crippen molar-refractivity contribution >= 4 is 5.69 Å².